The Kier molecular flexibility index (Phi) is 6.54. The Morgan fingerprint density at radius 3 is 2.79 bits per heavy atom. The summed E-state index contributed by atoms with van der Waals surface area (Å²) in [6, 6.07) is 9.55. The molecule has 1 saturated heterocycles. The quantitative estimate of drug-likeness (QED) is 0.429. The Bertz CT molecular complexity index is 1290. The van der Waals surface area contributed by atoms with Gasteiger partial charge in [-0.1, -0.05) is 17.4 Å². The van der Waals surface area contributed by atoms with Gasteiger partial charge in [0.15, 0.2) is 5.13 Å². The number of nitrogens with zero attached hydrogens (tertiary/aromatic N) is 6. The Morgan fingerprint density at radius 1 is 1.15 bits per heavy atom. The molecule has 1 N–H and O–H groups in total. The number of thiazole rings is 1. The van der Waals surface area contributed by atoms with Crippen molar-refractivity contribution in [2.75, 3.05) is 43.1 Å². The van der Waals surface area contributed by atoms with Crippen molar-refractivity contribution in [1.82, 2.24) is 24.9 Å². The van der Waals surface area contributed by atoms with Crippen LogP contribution in [0.3, 0.4) is 0 Å². The second-order valence-corrected chi connectivity index (χ2v) is 8.73. The predicted molar refractivity (Wildman–Crippen MR) is 129 cm³/mol. The fraction of sp³-hybridized carbons (Fsp3) is 0.304. The van der Waals surface area contributed by atoms with Crippen LogP contribution in [-0.4, -0.2) is 63.7 Å². The molecule has 5 rings (SSSR count). The number of amides is 1. The van der Waals surface area contributed by atoms with E-state index in [0.29, 0.717) is 49.5 Å². The molecule has 0 spiro atoms. The van der Waals surface area contributed by atoms with Crippen molar-refractivity contribution < 1.29 is 14.3 Å². The highest BCUT2D eigenvalue weighted by molar-refractivity contribution is 7.22. The van der Waals surface area contributed by atoms with Crippen molar-refractivity contribution in [3.8, 4) is 6.01 Å². The topological polar surface area (TPSA) is 115 Å². The summed E-state index contributed by atoms with van der Waals surface area (Å²) in [5.74, 6) is 0.911. The van der Waals surface area contributed by atoms with Crippen LogP contribution in [0.15, 0.2) is 42.7 Å². The van der Waals surface area contributed by atoms with E-state index in [-0.39, 0.29) is 24.2 Å². The van der Waals surface area contributed by atoms with Crippen LogP contribution in [0.25, 0.3) is 10.2 Å². The molecule has 0 saturated carbocycles. The lowest BCUT2D eigenvalue weighted by atomic mass is 10.2. The number of aromatic nitrogens is 5. The van der Waals surface area contributed by atoms with Gasteiger partial charge in [-0.25, -0.2) is 15.0 Å². The van der Waals surface area contributed by atoms with Crippen LogP contribution in [0.4, 0.5) is 10.9 Å². The standard InChI is InChI=1S/C23H23N7O3S/c1-15-3-4-16-18(13-15)34-23(27-16)29-21(31)17-14-20(30-8-11-32-12-9-30)28-22(26-17)33-10-5-19-24-6-2-7-25-19/h2-4,6-7,13-14H,5,8-12H2,1H3,(H,27,29,31). The Labute approximate surface area is 200 Å². The monoisotopic (exact) mass is 477 g/mol. The minimum atomic E-state index is -0.371. The lowest BCUT2D eigenvalue weighted by Gasteiger charge is -2.28. The Balaban J connectivity index is 1.36. The number of carbonyl (C=O) groups is 1. The normalized spacial score (nSPS) is 13.7. The number of anilines is 2. The van der Waals surface area contributed by atoms with Crippen LogP contribution in [0.2, 0.25) is 0 Å². The number of rotatable bonds is 7. The third-order valence-electron chi connectivity index (χ3n) is 5.20. The number of nitrogens with one attached hydrogen (secondary N) is 1. The van der Waals surface area contributed by atoms with Crippen LogP contribution in [0.1, 0.15) is 21.9 Å². The van der Waals surface area contributed by atoms with E-state index in [1.165, 1.54) is 11.3 Å². The van der Waals surface area contributed by atoms with Crippen molar-refractivity contribution in [3.05, 3.63) is 59.8 Å². The van der Waals surface area contributed by atoms with Crippen molar-refractivity contribution in [2.24, 2.45) is 0 Å². The van der Waals surface area contributed by atoms with Crippen molar-refractivity contribution >= 4 is 38.4 Å². The van der Waals surface area contributed by atoms with Crippen LogP contribution < -0.4 is 15.0 Å². The van der Waals surface area contributed by atoms with E-state index in [9.17, 15) is 4.79 Å². The highest BCUT2D eigenvalue weighted by Crippen LogP contribution is 2.27. The molecule has 0 radical (unpaired) electrons. The van der Waals surface area contributed by atoms with Crippen molar-refractivity contribution in [1.29, 1.82) is 0 Å². The van der Waals surface area contributed by atoms with Gasteiger partial charge in [0.25, 0.3) is 5.91 Å². The fourth-order valence-corrected chi connectivity index (χ4v) is 4.45. The lowest BCUT2D eigenvalue weighted by molar-refractivity contribution is 0.102. The van der Waals surface area contributed by atoms with Crippen LogP contribution in [-0.2, 0) is 11.2 Å². The first-order valence-corrected chi connectivity index (χ1v) is 11.7. The SMILES string of the molecule is Cc1ccc2nc(NC(=O)c3cc(N4CCOCC4)nc(OCCc4ncccn4)n3)sc2c1. The number of aryl methyl sites for hydroxylation is 1. The fourth-order valence-electron chi connectivity index (χ4n) is 3.49. The van der Waals surface area contributed by atoms with Gasteiger partial charge in [0.2, 0.25) is 0 Å². The molecule has 0 unspecified atom stereocenters. The maximum atomic E-state index is 13.1. The molecule has 0 aliphatic carbocycles. The summed E-state index contributed by atoms with van der Waals surface area (Å²) in [6.45, 7) is 4.85. The van der Waals surface area contributed by atoms with E-state index >= 15 is 0 Å². The second kappa shape index (κ2) is 10.1. The van der Waals surface area contributed by atoms with Crippen LogP contribution in [0.5, 0.6) is 6.01 Å². The van der Waals surface area contributed by atoms with E-state index in [0.717, 1.165) is 15.8 Å². The van der Waals surface area contributed by atoms with E-state index < -0.39 is 0 Å². The number of hydrogen-bond acceptors (Lipinski definition) is 10. The average Bonchev–Trinajstić information content (AvgIpc) is 3.26. The van der Waals surface area contributed by atoms with Gasteiger partial charge in [0, 0.05) is 38.0 Å². The zero-order chi connectivity index (χ0) is 23.3. The first-order chi connectivity index (χ1) is 16.6. The minimum Gasteiger partial charge on any atom is -0.463 e. The van der Waals surface area contributed by atoms with Gasteiger partial charge in [0.05, 0.1) is 30.0 Å². The largest absolute Gasteiger partial charge is 0.463 e. The maximum absolute atomic E-state index is 13.1. The predicted octanol–water partition coefficient (Wildman–Crippen LogP) is 2.90. The van der Waals surface area contributed by atoms with Gasteiger partial charge < -0.3 is 14.4 Å². The molecule has 0 bridgehead atoms. The number of benzene rings is 1. The zero-order valence-electron chi connectivity index (χ0n) is 18.6. The number of morpholine rings is 1. The van der Waals surface area contributed by atoms with Crippen LogP contribution >= 0.6 is 11.3 Å². The summed E-state index contributed by atoms with van der Waals surface area (Å²) >= 11 is 1.42. The van der Waals surface area contributed by atoms with Crippen molar-refractivity contribution in [3.63, 3.8) is 0 Å². The van der Waals surface area contributed by atoms with E-state index in [4.69, 9.17) is 9.47 Å². The molecular weight excluding hydrogens is 454 g/mol. The van der Waals surface area contributed by atoms with E-state index in [1.807, 2.05) is 25.1 Å². The van der Waals surface area contributed by atoms with Gasteiger partial charge in [-0.05, 0) is 30.7 Å². The van der Waals surface area contributed by atoms with Gasteiger partial charge >= 0.3 is 6.01 Å². The highest BCUT2D eigenvalue weighted by atomic mass is 32.1. The van der Waals surface area contributed by atoms with Gasteiger partial charge in [-0.2, -0.15) is 9.97 Å². The number of hydrogen-bond donors (Lipinski definition) is 1. The molecule has 1 aliphatic heterocycles. The lowest BCUT2D eigenvalue weighted by Crippen LogP contribution is -2.37. The molecule has 1 fully saturated rings. The second-order valence-electron chi connectivity index (χ2n) is 7.70. The highest BCUT2D eigenvalue weighted by Gasteiger charge is 2.19. The van der Waals surface area contributed by atoms with E-state index in [2.05, 4.69) is 35.1 Å². The molecule has 0 atom stereocenters. The first-order valence-electron chi connectivity index (χ1n) is 10.9. The summed E-state index contributed by atoms with van der Waals surface area (Å²) in [6.07, 6.45) is 3.87. The third kappa shape index (κ3) is 5.26. The molecule has 34 heavy (non-hydrogen) atoms. The Morgan fingerprint density at radius 2 is 1.97 bits per heavy atom. The molecule has 4 aromatic rings. The molecular formula is C23H23N7O3S. The van der Waals surface area contributed by atoms with E-state index in [1.54, 1.807) is 24.5 Å². The van der Waals surface area contributed by atoms with Gasteiger partial charge in [-0.15, -0.1) is 0 Å². The smallest absolute Gasteiger partial charge is 0.319 e. The molecule has 3 aromatic heterocycles. The molecule has 1 aliphatic rings. The molecule has 1 aromatic carbocycles. The van der Waals surface area contributed by atoms with Gasteiger partial charge in [-0.3, -0.25) is 10.1 Å². The number of fused-ring (bicyclic) bond motifs is 1. The van der Waals surface area contributed by atoms with Crippen molar-refractivity contribution in [2.45, 2.75) is 13.3 Å². The first kappa shape index (κ1) is 22.1. The summed E-state index contributed by atoms with van der Waals surface area (Å²) < 4.78 is 12.2. The molecule has 1 amide bonds. The molecule has 4 heterocycles. The van der Waals surface area contributed by atoms with Crippen LogP contribution in [0, 0.1) is 6.92 Å². The number of ether oxygens (including phenoxy) is 2. The van der Waals surface area contributed by atoms with Gasteiger partial charge in [0.1, 0.15) is 17.3 Å². The number of carbonyl (C=O) groups excluding carboxylic acids is 1. The Hall–Kier alpha value is -3.70. The average molecular weight is 478 g/mol. The summed E-state index contributed by atoms with van der Waals surface area (Å²) in [4.78, 5) is 36.9. The zero-order valence-corrected chi connectivity index (χ0v) is 19.4. The summed E-state index contributed by atoms with van der Waals surface area (Å²) in [5.41, 5.74) is 2.19. The maximum Gasteiger partial charge on any atom is 0.319 e. The third-order valence-corrected chi connectivity index (χ3v) is 6.13. The molecule has 10 nitrogen and oxygen atoms in total. The minimum absolute atomic E-state index is 0.130. The summed E-state index contributed by atoms with van der Waals surface area (Å²) in [5, 5.41) is 3.38. The molecule has 174 valence electrons. The summed E-state index contributed by atoms with van der Waals surface area (Å²) in [7, 11) is 0. The molecule has 11 heteroatoms.